The molecule has 1 aromatic heterocycles. The van der Waals surface area contributed by atoms with Gasteiger partial charge < -0.3 is 14.0 Å². The van der Waals surface area contributed by atoms with Gasteiger partial charge >= 0.3 is 12.1 Å². The minimum absolute atomic E-state index is 0.0977. The van der Waals surface area contributed by atoms with Crippen molar-refractivity contribution < 1.29 is 23.6 Å². The monoisotopic (exact) mass is 621 g/mol. The van der Waals surface area contributed by atoms with Crippen LogP contribution in [0.3, 0.4) is 0 Å². The number of carbonyl (C=O) groups is 2. The molecule has 1 amide bonds. The number of amides is 1. The van der Waals surface area contributed by atoms with E-state index in [9.17, 15) is 9.59 Å². The zero-order valence-corrected chi connectivity index (χ0v) is 27.8. The van der Waals surface area contributed by atoms with Gasteiger partial charge in [-0.15, -0.1) is 0 Å². The Labute approximate surface area is 271 Å². The van der Waals surface area contributed by atoms with Gasteiger partial charge in [-0.2, -0.15) is 4.98 Å². The molecular formula is C38H43N3O5. The molecule has 46 heavy (non-hydrogen) atoms. The maximum Gasteiger partial charge on any atom is 0.411 e. The molecule has 4 aromatic rings. The Hall–Kier alpha value is -4.46. The summed E-state index contributed by atoms with van der Waals surface area (Å²) in [6.07, 6.45) is 2.36. The third-order valence-electron chi connectivity index (χ3n) is 8.62. The largest absolute Gasteiger partial charge is 0.460 e. The zero-order valence-electron chi connectivity index (χ0n) is 27.8. The zero-order chi connectivity index (χ0) is 32.8. The van der Waals surface area contributed by atoms with E-state index in [1.807, 2.05) is 76.8 Å². The van der Waals surface area contributed by atoms with Gasteiger partial charge in [0, 0.05) is 17.2 Å². The van der Waals surface area contributed by atoms with Gasteiger partial charge in [-0.3, -0.25) is 9.69 Å². The molecule has 3 aromatic carbocycles. The van der Waals surface area contributed by atoms with E-state index in [4.69, 9.17) is 19.0 Å². The van der Waals surface area contributed by atoms with Crippen LogP contribution < -0.4 is 0 Å². The first-order valence-electron chi connectivity index (χ1n) is 16.1. The van der Waals surface area contributed by atoms with Crippen molar-refractivity contribution in [1.82, 2.24) is 15.0 Å². The highest BCUT2D eigenvalue weighted by Crippen LogP contribution is 2.44. The molecule has 6 rings (SSSR count). The van der Waals surface area contributed by atoms with Crippen LogP contribution in [0.5, 0.6) is 0 Å². The van der Waals surface area contributed by atoms with Crippen molar-refractivity contribution in [3.8, 4) is 34.0 Å². The molecule has 0 radical (unpaired) electrons. The number of esters is 1. The van der Waals surface area contributed by atoms with E-state index in [2.05, 4.69) is 48.5 Å². The fourth-order valence-electron chi connectivity index (χ4n) is 6.46. The predicted molar refractivity (Wildman–Crippen MR) is 177 cm³/mol. The first-order chi connectivity index (χ1) is 21.8. The average Bonchev–Trinajstić information content (AvgIpc) is 3.60. The molecule has 0 saturated heterocycles. The quantitative estimate of drug-likeness (QED) is 0.199. The predicted octanol–water partition coefficient (Wildman–Crippen LogP) is 8.72. The minimum Gasteiger partial charge on any atom is -0.460 e. The standard InChI is InChI=1S/C38H43N3O5/c1-23-19-27(14-16-30(23)24-11-9-8-10-12-24)34-39-33(40-46-34)26-13-17-31-25(20-26)15-18-32(31)41(36(43)45-38(5,6)7)29-21-28(22-29)35(42)44-37(2,3)4/h8-14,16-17,19-20,28-29,32H,15,18,21-22H2,1-7H3. The number of benzene rings is 3. The van der Waals surface area contributed by atoms with Crippen molar-refractivity contribution in [2.45, 2.75) is 97.4 Å². The lowest BCUT2D eigenvalue weighted by Gasteiger charge is -2.45. The summed E-state index contributed by atoms with van der Waals surface area (Å²) in [5, 5.41) is 4.31. The molecule has 1 saturated carbocycles. The molecule has 1 atom stereocenters. The van der Waals surface area contributed by atoms with E-state index in [-0.39, 0.29) is 30.1 Å². The highest BCUT2D eigenvalue weighted by Gasteiger charge is 2.46. The Morgan fingerprint density at radius 3 is 2.22 bits per heavy atom. The van der Waals surface area contributed by atoms with Crippen LogP contribution >= 0.6 is 0 Å². The smallest absolute Gasteiger partial charge is 0.411 e. The molecule has 0 N–H and O–H groups in total. The fraction of sp³-hybridized carbons (Fsp3) is 0.421. The van der Waals surface area contributed by atoms with Crippen LogP contribution in [0.25, 0.3) is 34.0 Å². The number of fused-ring (bicyclic) bond motifs is 1. The van der Waals surface area contributed by atoms with Crippen LogP contribution in [-0.2, 0) is 20.7 Å². The van der Waals surface area contributed by atoms with E-state index in [0.29, 0.717) is 24.6 Å². The third-order valence-corrected chi connectivity index (χ3v) is 8.62. The van der Waals surface area contributed by atoms with E-state index >= 15 is 0 Å². The van der Waals surface area contributed by atoms with Gasteiger partial charge in [-0.05, 0) is 120 Å². The SMILES string of the molecule is Cc1cc(-c2nc(-c3ccc4c(c3)CCC4N(C(=O)OC(C)(C)C)C3CC(C(=O)OC(C)(C)C)C3)no2)ccc1-c1ccccc1. The van der Waals surface area contributed by atoms with Crippen molar-refractivity contribution in [1.29, 1.82) is 0 Å². The summed E-state index contributed by atoms with van der Waals surface area (Å²) in [5.74, 6) is 0.570. The van der Waals surface area contributed by atoms with Crippen molar-refractivity contribution >= 4 is 12.1 Å². The molecule has 0 bridgehead atoms. The molecule has 240 valence electrons. The second kappa shape index (κ2) is 12.0. The molecule has 0 spiro atoms. The number of ether oxygens (including phenoxy) is 2. The van der Waals surface area contributed by atoms with Crippen LogP contribution in [-0.4, -0.2) is 44.3 Å². The molecule has 0 aliphatic heterocycles. The van der Waals surface area contributed by atoms with Gasteiger partial charge in [-0.25, -0.2) is 4.79 Å². The van der Waals surface area contributed by atoms with Gasteiger partial charge in [0.25, 0.3) is 5.89 Å². The van der Waals surface area contributed by atoms with Crippen molar-refractivity contribution in [3.63, 3.8) is 0 Å². The van der Waals surface area contributed by atoms with Gasteiger partial charge in [0.1, 0.15) is 11.2 Å². The second-order valence-electron chi connectivity index (χ2n) is 14.5. The fourth-order valence-corrected chi connectivity index (χ4v) is 6.46. The number of aromatic nitrogens is 2. The molecule has 8 heteroatoms. The second-order valence-corrected chi connectivity index (χ2v) is 14.5. The molecule has 1 unspecified atom stereocenters. The lowest BCUT2D eigenvalue weighted by molar-refractivity contribution is -0.165. The summed E-state index contributed by atoms with van der Waals surface area (Å²) >= 11 is 0. The Balaban J connectivity index is 1.21. The summed E-state index contributed by atoms with van der Waals surface area (Å²) in [6.45, 7) is 13.3. The van der Waals surface area contributed by atoms with E-state index in [0.717, 1.165) is 40.7 Å². The molecule has 1 heterocycles. The number of aryl methyl sites for hydroxylation is 2. The molecule has 2 aliphatic rings. The highest BCUT2D eigenvalue weighted by molar-refractivity contribution is 5.76. The number of carbonyl (C=O) groups excluding carboxylic acids is 2. The van der Waals surface area contributed by atoms with Crippen molar-refractivity contribution in [2.75, 3.05) is 0 Å². The van der Waals surface area contributed by atoms with Gasteiger partial charge in [-0.1, -0.05) is 53.7 Å². The van der Waals surface area contributed by atoms with Crippen LogP contribution in [0.4, 0.5) is 4.79 Å². The topological polar surface area (TPSA) is 94.8 Å². The molecular weight excluding hydrogens is 578 g/mol. The van der Waals surface area contributed by atoms with Gasteiger partial charge in [0.15, 0.2) is 0 Å². The Morgan fingerprint density at radius 2 is 1.54 bits per heavy atom. The number of hydrogen-bond donors (Lipinski definition) is 0. The summed E-state index contributed by atoms with van der Waals surface area (Å²) in [4.78, 5) is 32.9. The lowest BCUT2D eigenvalue weighted by Crippen LogP contribution is -2.52. The first kappa shape index (κ1) is 31.5. The Bertz CT molecular complexity index is 1740. The van der Waals surface area contributed by atoms with E-state index in [1.165, 1.54) is 11.1 Å². The molecule has 2 aliphatic carbocycles. The maximum atomic E-state index is 13.6. The number of nitrogens with zero attached hydrogens (tertiary/aromatic N) is 3. The lowest BCUT2D eigenvalue weighted by atomic mass is 9.78. The normalized spacial score (nSPS) is 19.2. The Kier molecular flexibility index (Phi) is 8.25. The van der Waals surface area contributed by atoms with E-state index in [1.54, 1.807) is 0 Å². The highest BCUT2D eigenvalue weighted by atomic mass is 16.6. The summed E-state index contributed by atoms with van der Waals surface area (Å²) in [7, 11) is 0. The summed E-state index contributed by atoms with van der Waals surface area (Å²) in [6, 6.07) is 22.4. The minimum atomic E-state index is -0.633. The number of hydrogen-bond acceptors (Lipinski definition) is 7. The van der Waals surface area contributed by atoms with Crippen LogP contribution in [0.15, 0.2) is 71.3 Å². The maximum absolute atomic E-state index is 13.6. The summed E-state index contributed by atoms with van der Waals surface area (Å²) in [5.41, 5.74) is 6.26. The van der Waals surface area contributed by atoms with Crippen molar-refractivity contribution in [2.24, 2.45) is 5.92 Å². The summed E-state index contributed by atoms with van der Waals surface area (Å²) < 4.78 is 17.2. The molecule has 1 fully saturated rings. The van der Waals surface area contributed by atoms with Crippen LogP contribution in [0.1, 0.15) is 83.5 Å². The van der Waals surface area contributed by atoms with Crippen molar-refractivity contribution in [3.05, 3.63) is 83.4 Å². The van der Waals surface area contributed by atoms with Crippen LogP contribution in [0, 0.1) is 12.8 Å². The van der Waals surface area contributed by atoms with E-state index < -0.39 is 11.2 Å². The Morgan fingerprint density at radius 1 is 0.848 bits per heavy atom. The number of rotatable bonds is 6. The molecule has 8 nitrogen and oxygen atoms in total. The third kappa shape index (κ3) is 6.71. The van der Waals surface area contributed by atoms with Crippen LogP contribution in [0.2, 0.25) is 0 Å². The first-order valence-corrected chi connectivity index (χ1v) is 16.1. The average molecular weight is 622 g/mol. The van der Waals surface area contributed by atoms with Gasteiger partial charge in [0.2, 0.25) is 5.82 Å². The van der Waals surface area contributed by atoms with Gasteiger partial charge in [0.05, 0.1) is 12.0 Å².